The van der Waals surface area contributed by atoms with Crippen LogP contribution >= 0.6 is 0 Å². The van der Waals surface area contributed by atoms with E-state index in [-0.39, 0.29) is 113 Å². The normalized spacial score (nSPS) is 26.2. The van der Waals surface area contributed by atoms with Gasteiger partial charge in [-0.2, -0.15) is 0 Å². The van der Waals surface area contributed by atoms with Crippen LogP contribution in [0, 0.1) is 26.7 Å². The van der Waals surface area contributed by atoms with Crippen molar-refractivity contribution >= 4 is 0 Å². The third kappa shape index (κ3) is 13.7. The molecule has 1 fully saturated rings. The molecule has 1 aliphatic heterocycles. The Morgan fingerprint density at radius 2 is 0.850 bits per heavy atom. The van der Waals surface area contributed by atoms with E-state index in [0.29, 0.717) is 0 Å². The summed E-state index contributed by atoms with van der Waals surface area (Å²) in [4.78, 5) is 2.61. The van der Waals surface area contributed by atoms with Crippen molar-refractivity contribution in [3.8, 4) is 0 Å². The first kappa shape index (κ1) is 43.6. The summed E-state index contributed by atoms with van der Waals surface area (Å²) in [6.07, 6.45) is 0. The number of rotatable bonds is 1. The van der Waals surface area contributed by atoms with E-state index in [4.69, 9.17) is 0 Å². The van der Waals surface area contributed by atoms with Crippen LogP contribution in [-0.4, -0.2) is 23.5 Å². The molecule has 0 amide bonds. The largest absolute Gasteiger partial charge is 0.358 e. The summed E-state index contributed by atoms with van der Waals surface area (Å²) < 4.78 is 0. The molecule has 0 spiro atoms. The minimum absolute atomic E-state index is 0. The topological polar surface area (TPSA) is 3.24 Å². The number of likely N-dealkylation sites (tertiary alicyclic amines) is 1. The molecule has 3 radical (unpaired) electrons. The van der Waals surface area contributed by atoms with E-state index in [1.165, 1.54) is 6.54 Å². The van der Waals surface area contributed by atoms with Crippen LogP contribution < -0.4 is 0 Å². The molecule has 0 aromatic heterocycles. The molecule has 4 heteroatoms. The van der Waals surface area contributed by atoms with Gasteiger partial charge < -0.3 is 14.9 Å². The van der Waals surface area contributed by atoms with Crippen molar-refractivity contribution in [1.82, 2.24) is 4.90 Å². The van der Waals surface area contributed by atoms with E-state index >= 15 is 0 Å². The quantitative estimate of drug-likeness (QED) is 0.431. The van der Waals surface area contributed by atoms with Crippen molar-refractivity contribution in [2.45, 2.75) is 74.4 Å². The van der Waals surface area contributed by atoms with Gasteiger partial charge in [0.1, 0.15) is 0 Å². The first-order valence-electron chi connectivity index (χ1n) is 6.85. The zero-order valence-electron chi connectivity index (χ0n) is 16.2. The zero-order valence-corrected chi connectivity index (χ0v) is 24.7. The summed E-state index contributed by atoms with van der Waals surface area (Å²) >= 11 is 0. The zero-order chi connectivity index (χ0) is 12.6. The Labute approximate surface area is 207 Å². The van der Waals surface area contributed by atoms with E-state index in [1.54, 1.807) is 0 Å². The van der Waals surface area contributed by atoms with Gasteiger partial charge in [-0.25, -0.2) is 0 Å². The van der Waals surface area contributed by atoms with E-state index in [9.17, 15) is 0 Å². The summed E-state index contributed by atoms with van der Waals surface area (Å²) in [7, 11) is 0. The fourth-order valence-corrected chi connectivity index (χ4v) is 2.43. The van der Waals surface area contributed by atoms with Crippen LogP contribution in [0.25, 0.3) is 0 Å². The van der Waals surface area contributed by atoms with Crippen molar-refractivity contribution in [2.24, 2.45) is 11.8 Å². The minimum Gasteiger partial charge on any atom is -0.358 e. The Hall–Kier alpha value is 3.27. The van der Waals surface area contributed by atoms with E-state index in [1.807, 2.05) is 27.7 Å². The Morgan fingerprint density at radius 1 is 0.650 bits per heavy atom. The van der Waals surface area contributed by atoms with Crippen LogP contribution in [0.15, 0.2) is 0 Å². The monoisotopic (exact) mass is 512 g/mol. The van der Waals surface area contributed by atoms with Crippen LogP contribution in [0.2, 0.25) is 0 Å². The molecule has 4 atom stereocenters. The van der Waals surface area contributed by atoms with Gasteiger partial charge in [-0.05, 0) is 32.2 Å². The standard InChI is InChI=1S/C10H21N.2C2H6.2CH3.3Y/c1-6-11-9(4)7(2)8(3)10(11)5;2*1-2;;;;;/h7-10H,6H2,1-5H3;2*1-2H3;2*1H3;;;/q;;;2*-1;;;/t7-,8+,9-,10+;;;;;;;. The molecule has 0 aliphatic carbocycles. The molecule has 0 aromatic carbocycles. The predicted octanol–water partition coefficient (Wildman–Crippen LogP) is 5.32. The molecule has 1 saturated heterocycles. The van der Waals surface area contributed by atoms with Crippen molar-refractivity contribution in [3.63, 3.8) is 0 Å². The first-order valence-corrected chi connectivity index (χ1v) is 6.85. The summed E-state index contributed by atoms with van der Waals surface area (Å²) in [5, 5.41) is 0. The van der Waals surface area contributed by atoms with Crippen LogP contribution in [0.3, 0.4) is 0 Å². The Morgan fingerprint density at radius 3 is 0.950 bits per heavy atom. The molecule has 0 aromatic rings. The summed E-state index contributed by atoms with van der Waals surface area (Å²) in [6, 6.07) is 1.56. The summed E-state index contributed by atoms with van der Waals surface area (Å²) in [6.45, 7) is 20.9. The molecule has 1 aliphatic rings. The molecule has 0 bridgehead atoms. The molecule has 0 N–H and O–H groups in total. The Kier molecular flexibility index (Phi) is 59.2. The Bertz CT molecular complexity index is 132. The fourth-order valence-electron chi connectivity index (χ4n) is 2.43. The third-order valence-corrected chi connectivity index (χ3v) is 3.76. The number of nitrogens with zero attached hydrogens (tertiary/aromatic N) is 1. The van der Waals surface area contributed by atoms with E-state index in [2.05, 4.69) is 39.5 Å². The van der Waals surface area contributed by atoms with Crippen molar-refractivity contribution < 1.29 is 98.1 Å². The molecule has 1 rings (SSSR count). The van der Waals surface area contributed by atoms with Gasteiger partial charge in [0.25, 0.3) is 0 Å². The van der Waals surface area contributed by atoms with Gasteiger partial charge in [0.15, 0.2) is 0 Å². The maximum absolute atomic E-state index is 2.61. The molecule has 20 heavy (non-hydrogen) atoms. The van der Waals surface area contributed by atoms with Gasteiger partial charge in [0.05, 0.1) is 0 Å². The fraction of sp³-hybridized carbons (Fsp3) is 0.875. The van der Waals surface area contributed by atoms with E-state index in [0.717, 1.165) is 23.9 Å². The third-order valence-electron chi connectivity index (χ3n) is 3.76. The second-order valence-electron chi connectivity index (χ2n) is 4.03. The maximum Gasteiger partial charge on any atom is 0.00984 e. The number of hydrogen-bond donors (Lipinski definition) is 0. The van der Waals surface area contributed by atoms with Gasteiger partial charge in [-0.3, -0.25) is 4.90 Å². The van der Waals surface area contributed by atoms with Gasteiger partial charge >= 0.3 is 0 Å². The second kappa shape index (κ2) is 27.1. The first-order chi connectivity index (χ1) is 7.09. The van der Waals surface area contributed by atoms with Gasteiger partial charge in [0.2, 0.25) is 0 Å². The van der Waals surface area contributed by atoms with Gasteiger partial charge in [-0.1, -0.05) is 48.5 Å². The van der Waals surface area contributed by atoms with E-state index < -0.39 is 0 Å². The summed E-state index contributed by atoms with van der Waals surface area (Å²) in [5.74, 6) is 1.73. The Balaban J connectivity index is -0.0000000347. The average molecular weight is 512 g/mol. The van der Waals surface area contributed by atoms with Crippen LogP contribution in [-0.2, 0) is 98.1 Å². The second-order valence-corrected chi connectivity index (χ2v) is 4.03. The van der Waals surface area contributed by atoms with Crippen LogP contribution in [0.1, 0.15) is 62.3 Å². The molecular formula is C16H39NY3-2. The van der Waals surface area contributed by atoms with Gasteiger partial charge in [-0.15, -0.1) is 0 Å². The molecule has 0 unspecified atom stereocenters. The molecular weight excluding hydrogens is 473 g/mol. The molecule has 119 valence electrons. The smallest absolute Gasteiger partial charge is 0.00984 e. The maximum atomic E-state index is 2.61. The van der Waals surface area contributed by atoms with Crippen LogP contribution in [0.5, 0.6) is 0 Å². The minimum atomic E-state index is 0. The van der Waals surface area contributed by atoms with Crippen LogP contribution in [0.4, 0.5) is 0 Å². The summed E-state index contributed by atoms with van der Waals surface area (Å²) in [5.41, 5.74) is 0. The SMILES string of the molecule is CC.CC.CCN1[C@H](C)[C@H](C)[C@H](C)[C@@H]1C.[CH3-].[CH3-].[Y].[Y].[Y]. The van der Waals surface area contributed by atoms with Crippen molar-refractivity contribution in [2.75, 3.05) is 6.54 Å². The molecule has 1 heterocycles. The van der Waals surface area contributed by atoms with Crippen molar-refractivity contribution in [3.05, 3.63) is 14.9 Å². The average Bonchev–Trinajstić information content (AvgIpc) is 2.49. The predicted molar refractivity (Wildman–Crippen MR) is 85.2 cm³/mol. The molecule has 0 saturated carbocycles. The molecule has 1 nitrogen and oxygen atoms in total. The van der Waals surface area contributed by atoms with Crippen molar-refractivity contribution in [1.29, 1.82) is 0 Å². The number of hydrogen-bond acceptors (Lipinski definition) is 1. The van der Waals surface area contributed by atoms with Gasteiger partial charge in [0, 0.05) is 110 Å².